The van der Waals surface area contributed by atoms with Gasteiger partial charge in [-0.3, -0.25) is 14.4 Å². The number of likely N-dealkylation sites (tertiary alicyclic amines) is 1. The van der Waals surface area contributed by atoms with Crippen molar-refractivity contribution < 1.29 is 14.3 Å². The molecule has 2 rings (SSSR count). The maximum Gasteiger partial charge on any atom is 0.311 e. The third-order valence-electron chi connectivity index (χ3n) is 3.67. The van der Waals surface area contributed by atoms with E-state index < -0.39 is 5.97 Å². The first-order valence-electron chi connectivity index (χ1n) is 7.55. The number of nitrogens with zero attached hydrogens (tertiary/aromatic N) is 2. The molecule has 2 heterocycles. The summed E-state index contributed by atoms with van der Waals surface area (Å²) in [5.74, 6) is 0.330. The zero-order chi connectivity index (χ0) is 16.8. The molecule has 0 saturated carbocycles. The minimum absolute atomic E-state index is 0.0440. The lowest BCUT2D eigenvalue weighted by atomic mass is 10.0. The summed E-state index contributed by atoms with van der Waals surface area (Å²) in [5, 5.41) is 0.342. The number of carbonyl (C=O) groups excluding carboxylic acids is 2. The van der Waals surface area contributed by atoms with E-state index in [0.29, 0.717) is 16.8 Å². The van der Waals surface area contributed by atoms with E-state index in [2.05, 4.69) is 21.6 Å². The molecule has 1 aromatic heterocycles. The van der Waals surface area contributed by atoms with Crippen molar-refractivity contribution in [1.82, 2.24) is 14.9 Å². The highest BCUT2D eigenvalue weighted by Gasteiger charge is 2.21. The van der Waals surface area contributed by atoms with E-state index in [-0.39, 0.29) is 23.6 Å². The van der Waals surface area contributed by atoms with Gasteiger partial charge < -0.3 is 14.6 Å². The molecule has 0 aliphatic carbocycles. The van der Waals surface area contributed by atoms with Crippen molar-refractivity contribution in [2.24, 2.45) is 5.92 Å². The lowest BCUT2D eigenvalue weighted by Crippen LogP contribution is -2.40. The summed E-state index contributed by atoms with van der Waals surface area (Å²) in [6, 6.07) is 1.26. The first-order chi connectivity index (χ1) is 11.0. The third-order valence-corrected chi connectivity index (χ3v) is 4.53. The Balaban J connectivity index is 1.95. The molecule has 1 saturated heterocycles. The van der Waals surface area contributed by atoms with Gasteiger partial charge in [-0.05, 0) is 18.8 Å². The average Bonchev–Trinajstić information content (AvgIpc) is 2.52. The molecular weight excluding hydrogens is 318 g/mol. The molecule has 0 spiro atoms. The SMILES string of the molecule is COC(=O)Cc1cc(=O)[nH]c(SCC(=O)N2CCC[C@@H](C)C2)n1. The Labute approximate surface area is 138 Å². The number of rotatable bonds is 5. The zero-order valence-electron chi connectivity index (χ0n) is 13.3. The van der Waals surface area contributed by atoms with E-state index in [4.69, 9.17) is 0 Å². The number of nitrogens with one attached hydrogen (secondary N) is 1. The summed E-state index contributed by atoms with van der Waals surface area (Å²) < 4.78 is 4.56. The predicted molar refractivity (Wildman–Crippen MR) is 86.3 cm³/mol. The zero-order valence-corrected chi connectivity index (χ0v) is 14.1. The molecule has 1 atom stereocenters. The Hall–Kier alpha value is -1.83. The molecule has 7 nitrogen and oxygen atoms in total. The number of piperidine rings is 1. The standard InChI is InChI=1S/C15H21N3O4S/c1-10-4-3-5-18(8-10)13(20)9-23-15-16-11(6-12(19)17-15)7-14(21)22-2/h6,10H,3-5,7-9H2,1-2H3,(H,16,17,19)/t10-/m1/s1. The Morgan fingerprint density at radius 3 is 3.00 bits per heavy atom. The predicted octanol–water partition coefficient (Wildman–Crippen LogP) is 0.836. The van der Waals surface area contributed by atoms with Crippen LogP contribution in [0.3, 0.4) is 0 Å². The Kier molecular flexibility index (Phi) is 6.20. The van der Waals surface area contributed by atoms with Crippen LogP contribution < -0.4 is 5.56 Å². The molecule has 0 unspecified atom stereocenters. The van der Waals surface area contributed by atoms with Crippen LogP contribution in [0.25, 0.3) is 0 Å². The van der Waals surface area contributed by atoms with Crippen LogP contribution in [-0.2, 0) is 20.7 Å². The fraction of sp³-hybridized carbons (Fsp3) is 0.600. The lowest BCUT2D eigenvalue weighted by molar-refractivity contribution is -0.139. The molecule has 1 amide bonds. The number of H-pyrrole nitrogens is 1. The molecule has 8 heteroatoms. The first kappa shape index (κ1) is 17.5. The van der Waals surface area contributed by atoms with Gasteiger partial charge in [-0.2, -0.15) is 0 Å². The molecule has 23 heavy (non-hydrogen) atoms. The normalized spacial score (nSPS) is 17.8. The quantitative estimate of drug-likeness (QED) is 0.485. The summed E-state index contributed by atoms with van der Waals surface area (Å²) in [4.78, 5) is 43.7. The number of ether oxygens (including phenoxy) is 1. The van der Waals surface area contributed by atoms with Crippen LogP contribution in [0.5, 0.6) is 0 Å². The molecule has 1 aliphatic heterocycles. The van der Waals surface area contributed by atoms with Crippen molar-refractivity contribution in [1.29, 1.82) is 0 Å². The Morgan fingerprint density at radius 2 is 2.30 bits per heavy atom. The van der Waals surface area contributed by atoms with Gasteiger partial charge in [0.15, 0.2) is 5.16 Å². The van der Waals surface area contributed by atoms with Gasteiger partial charge in [-0.1, -0.05) is 18.7 Å². The number of aromatic nitrogens is 2. The number of methoxy groups -OCH3 is 1. The van der Waals surface area contributed by atoms with Gasteiger partial charge in [-0.15, -0.1) is 0 Å². The fourth-order valence-corrected chi connectivity index (χ4v) is 3.30. The number of hydrogen-bond acceptors (Lipinski definition) is 6. The highest BCUT2D eigenvalue weighted by molar-refractivity contribution is 7.99. The molecule has 1 aliphatic rings. The second-order valence-corrected chi connectivity index (χ2v) is 6.63. The van der Waals surface area contributed by atoms with Crippen LogP contribution in [0.15, 0.2) is 16.0 Å². The second-order valence-electron chi connectivity index (χ2n) is 5.67. The topological polar surface area (TPSA) is 92.4 Å². The average molecular weight is 339 g/mol. The summed E-state index contributed by atoms with van der Waals surface area (Å²) in [7, 11) is 1.28. The van der Waals surface area contributed by atoms with Gasteiger partial charge in [0.2, 0.25) is 5.91 Å². The van der Waals surface area contributed by atoms with Crippen molar-refractivity contribution in [2.75, 3.05) is 26.0 Å². The first-order valence-corrected chi connectivity index (χ1v) is 8.54. The number of carbonyl (C=O) groups is 2. The number of aromatic amines is 1. The molecule has 0 aromatic carbocycles. The van der Waals surface area contributed by atoms with Gasteiger partial charge in [-0.25, -0.2) is 4.98 Å². The van der Waals surface area contributed by atoms with Crippen LogP contribution >= 0.6 is 11.8 Å². The van der Waals surface area contributed by atoms with Gasteiger partial charge >= 0.3 is 5.97 Å². The monoisotopic (exact) mass is 339 g/mol. The highest BCUT2D eigenvalue weighted by Crippen LogP contribution is 2.18. The molecule has 1 aromatic rings. The second kappa shape index (κ2) is 8.14. The summed E-state index contributed by atoms with van der Waals surface area (Å²) in [6.45, 7) is 3.71. The van der Waals surface area contributed by atoms with E-state index in [1.807, 2.05) is 4.90 Å². The molecule has 0 bridgehead atoms. The van der Waals surface area contributed by atoms with E-state index in [9.17, 15) is 14.4 Å². The number of amides is 1. The Morgan fingerprint density at radius 1 is 1.52 bits per heavy atom. The molecular formula is C15H21N3O4S. The van der Waals surface area contributed by atoms with E-state index in [0.717, 1.165) is 25.9 Å². The minimum Gasteiger partial charge on any atom is -0.469 e. The number of hydrogen-bond donors (Lipinski definition) is 1. The largest absolute Gasteiger partial charge is 0.469 e. The maximum atomic E-state index is 12.2. The van der Waals surface area contributed by atoms with E-state index in [1.54, 1.807) is 0 Å². The molecule has 1 fully saturated rings. The summed E-state index contributed by atoms with van der Waals surface area (Å²) >= 11 is 1.18. The maximum absolute atomic E-state index is 12.2. The summed E-state index contributed by atoms with van der Waals surface area (Å²) in [6.07, 6.45) is 2.12. The van der Waals surface area contributed by atoms with Crippen molar-refractivity contribution in [2.45, 2.75) is 31.3 Å². The molecule has 0 radical (unpaired) electrons. The van der Waals surface area contributed by atoms with Crippen LogP contribution in [0.4, 0.5) is 0 Å². The van der Waals surface area contributed by atoms with E-state index in [1.165, 1.54) is 24.9 Å². The number of esters is 1. The summed E-state index contributed by atoms with van der Waals surface area (Å²) in [5.41, 5.74) is -0.0115. The van der Waals surface area contributed by atoms with Crippen molar-refractivity contribution in [3.05, 3.63) is 22.1 Å². The van der Waals surface area contributed by atoms with Gasteiger partial charge in [0, 0.05) is 19.2 Å². The van der Waals surface area contributed by atoms with Crippen molar-refractivity contribution in [3.8, 4) is 0 Å². The van der Waals surface area contributed by atoms with Crippen LogP contribution in [0, 0.1) is 5.92 Å². The smallest absolute Gasteiger partial charge is 0.311 e. The van der Waals surface area contributed by atoms with Gasteiger partial charge in [0.1, 0.15) is 0 Å². The fourth-order valence-electron chi connectivity index (χ4n) is 2.50. The number of thioether (sulfide) groups is 1. The minimum atomic E-state index is -0.461. The van der Waals surface area contributed by atoms with Gasteiger partial charge in [0.05, 0.1) is 25.0 Å². The lowest BCUT2D eigenvalue weighted by Gasteiger charge is -2.30. The Bertz CT molecular complexity index is 631. The molecule has 1 N–H and O–H groups in total. The van der Waals surface area contributed by atoms with Crippen LogP contribution in [-0.4, -0.2) is 52.7 Å². The third kappa shape index (κ3) is 5.38. The van der Waals surface area contributed by atoms with Crippen LogP contribution in [0.2, 0.25) is 0 Å². The van der Waals surface area contributed by atoms with Gasteiger partial charge in [0.25, 0.3) is 5.56 Å². The molecule has 126 valence electrons. The van der Waals surface area contributed by atoms with E-state index >= 15 is 0 Å². The highest BCUT2D eigenvalue weighted by atomic mass is 32.2. The van der Waals surface area contributed by atoms with Crippen molar-refractivity contribution in [3.63, 3.8) is 0 Å². The van der Waals surface area contributed by atoms with Crippen molar-refractivity contribution >= 4 is 23.6 Å². The van der Waals surface area contributed by atoms with Crippen LogP contribution in [0.1, 0.15) is 25.5 Å².